The molecule has 0 saturated carbocycles. The predicted molar refractivity (Wildman–Crippen MR) is 77.5 cm³/mol. The van der Waals surface area contributed by atoms with Crippen molar-refractivity contribution in [2.75, 3.05) is 5.73 Å². The second-order valence-electron chi connectivity index (χ2n) is 4.73. The van der Waals surface area contributed by atoms with Gasteiger partial charge in [-0.25, -0.2) is 0 Å². The zero-order valence-electron chi connectivity index (χ0n) is 11.4. The number of carbonyl (C=O) groups excluding carboxylic acids is 3. The largest absolute Gasteiger partial charge is 0.426 e. The first kappa shape index (κ1) is 14.4. The number of carbonyl (C=O) groups is 3. The van der Waals surface area contributed by atoms with Crippen LogP contribution in [0, 0.1) is 10.1 Å². The highest BCUT2D eigenvalue weighted by Gasteiger charge is 2.38. The molecule has 2 N–H and O–H groups in total. The van der Waals surface area contributed by atoms with Crippen LogP contribution in [0.3, 0.4) is 0 Å². The summed E-state index contributed by atoms with van der Waals surface area (Å²) in [5.74, 6) is -1.65. The van der Waals surface area contributed by atoms with Crippen molar-refractivity contribution in [1.29, 1.82) is 0 Å². The van der Waals surface area contributed by atoms with Gasteiger partial charge in [-0.05, 0) is 0 Å². The monoisotopic (exact) mass is 312 g/mol. The maximum atomic E-state index is 12.6. The third kappa shape index (κ3) is 1.96. The lowest BCUT2D eigenvalue weighted by Gasteiger charge is -2.19. The number of nitro groups is 1. The Labute approximate surface area is 128 Å². The van der Waals surface area contributed by atoms with Crippen molar-refractivity contribution >= 4 is 29.4 Å². The molecule has 1 aliphatic carbocycles. The number of hydrogen-bond donors (Lipinski definition) is 1. The lowest BCUT2D eigenvalue weighted by molar-refractivity contribution is -0.385. The molecule has 8 nitrogen and oxygen atoms in total. The van der Waals surface area contributed by atoms with Crippen LogP contribution in [0.4, 0.5) is 11.4 Å². The molecule has 0 radical (unpaired) electrons. The fraction of sp³-hybridized carbons (Fsp3) is 0. The van der Waals surface area contributed by atoms with E-state index in [-0.39, 0.29) is 34.6 Å². The van der Waals surface area contributed by atoms with E-state index in [0.29, 0.717) is 0 Å². The Kier molecular flexibility index (Phi) is 3.14. The highest BCUT2D eigenvalue weighted by molar-refractivity contribution is 6.31. The number of benzene rings is 2. The molecule has 0 amide bonds. The van der Waals surface area contributed by atoms with Gasteiger partial charge in [0.15, 0.2) is 11.5 Å². The molecule has 2 aromatic rings. The van der Waals surface area contributed by atoms with Crippen LogP contribution >= 0.6 is 0 Å². The fourth-order valence-corrected chi connectivity index (χ4v) is 2.57. The summed E-state index contributed by atoms with van der Waals surface area (Å²) < 4.78 is 4.59. The zero-order chi connectivity index (χ0) is 16.7. The third-order valence-corrected chi connectivity index (χ3v) is 3.55. The molecule has 114 valence electrons. The number of nitrogens with zero attached hydrogens (tertiary/aromatic N) is 1. The molecular formula is C15H8N2O6. The summed E-state index contributed by atoms with van der Waals surface area (Å²) in [6, 6.07) is 6.81. The Morgan fingerprint density at radius 2 is 1.65 bits per heavy atom. The van der Waals surface area contributed by atoms with Crippen LogP contribution in [0.5, 0.6) is 5.75 Å². The van der Waals surface area contributed by atoms with E-state index in [9.17, 15) is 24.5 Å². The van der Waals surface area contributed by atoms with Crippen molar-refractivity contribution in [1.82, 2.24) is 0 Å². The van der Waals surface area contributed by atoms with Gasteiger partial charge in [-0.1, -0.05) is 24.3 Å². The van der Waals surface area contributed by atoms with Gasteiger partial charge in [0.1, 0.15) is 5.56 Å². The zero-order valence-corrected chi connectivity index (χ0v) is 11.4. The van der Waals surface area contributed by atoms with Gasteiger partial charge in [-0.15, -0.1) is 0 Å². The van der Waals surface area contributed by atoms with E-state index in [2.05, 4.69) is 4.74 Å². The lowest BCUT2D eigenvalue weighted by Crippen LogP contribution is -2.24. The van der Waals surface area contributed by atoms with Crippen molar-refractivity contribution in [3.05, 3.63) is 62.7 Å². The van der Waals surface area contributed by atoms with Crippen molar-refractivity contribution < 1.29 is 24.0 Å². The molecule has 3 rings (SSSR count). The summed E-state index contributed by atoms with van der Waals surface area (Å²) in [6.45, 7) is 0.0326. The molecule has 8 heteroatoms. The number of ether oxygens (including phenoxy) is 1. The average molecular weight is 312 g/mol. The summed E-state index contributed by atoms with van der Waals surface area (Å²) in [6.07, 6.45) is 0. The number of rotatable bonds is 3. The van der Waals surface area contributed by atoms with E-state index in [0.717, 1.165) is 6.07 Å². The minimum absolute atomic E-state index is 0.0326. The fourth-order valence-electron chi connectivity index (χ4n) is 2.57. The number of nitrogen functional groups attached to an aromatic ring is 1. The molecule has 2 aromatic carbocycles. The maximum Gasteiger partial charge on any atom is 0.298 e. The van der Waals surface area contributed by atoms with Gasteiger partial charge >= 0.3 is 0 Å². The summed E-state index contributed by atoms with van der Waals surface area (Å²) in [4.78, 5) is 46.1. The highest BCUT2D eigenvalue weighted by atomic mass is 16.6. The summed E-state index contributed by atoms with van der Waals surface area (Å²) >= 11 is 0. The molecule has 0 atom stereocenters. The summed E-state index contributed by atoms with van der Waals surface area (Å²) in [7, 11) is 0. The van der Waals surface area contributed by atoms with Gasteiger partial charge in [-0.2, -0.15) is 0 Å². The Morgan fingerprint density at radius 1 is 1.09 bits per heavy atom. The second kappa shape index (κ2) is 5.02. The maximum absolute atomic E-state index is 12.6. The average Bonchev–Trinajstić information content (AvgIpc) is 2.54. The van der Waals surface area contributed by atoms with E-state index < -0.39 is 27.7 Å². The third-order valence-electron chi connectivity index (χ3n) is 3.55. The van der Waals surface area contributed by atoms with E-state index in [1.165, 1.54) is 12.1 Å². The number of fused-ring (bicyclic) bond motifs is 2. The van der Waals surface area contributed by atoms with Gasteiger partial charge in [0.05, 0.1) is 22.2 Å². The van der Waals surface area contributed by atoms with E-state index in [1.807, 2.05) is 0 Å². The standard InChI is InChI=1S/C15H8N2O6/c16-13-10(23-6-18)5-9(17(21)22)11-12(13)15(20)8-4-2-1-3-7(8)14(11)19/h1-6H,16H2. The summed E-state index contributed by atoms with van der Waals surface area (Å²) in [5.41, 5.74) is 4.31. The molecule has 0 heterocycles. The first-order chi connectivity index (χ1) is 11.0. The highest BCUT2D eigenvalue weighted by Crippen LogP contribution is 2.41. The number of nitro benzene ring substituents is 1. The minimum Gasteiger partial charge on any atom is -0.426 e. The quantitative estimate of drug-likeness (QED) is 0.335. The van der Waals surface area contributed by atoms with Crippen LogP contribution in [0.2, 0.25) is 0 Å². The topological polar surface area (TPSA) is 130 Å². The molecule has 23 heavy (non-hydrogen) atoms. The van der Waals surface area contributed by atoms with Crippen molar-refractivity contribution in [3.63, 3.8) is 0 Å². The van der Waals surface area contributed by atoms with Gasteiger partial charge in [0.25, 0.3) is 12.2 Å². The van der Waals surface area contributed by atoms with E-state index >= 15 is 0 Å². The molecule has 1 aliphatic rings. The molecule has 0 aromatic heterocycles. The molecule has 0 unspecified atom stereocenters. The van der Waals surface area contributed by atoms with Crippen molar-refractivity contribution in [2.45, 2.75) is 0 Å². The van der Waals surface area contributed by atoms with Gasteiger partial charge in [0, 0.05) is 11.1 Å². The van der Waals surface area contributed by atoms with E-state index in [4.69, 9.17) is 5.73 Å². The molecule has 0 aliphatic heterocycles. The predicted octanol–water partition coefficient (Wildman–Crippen LogP) is 1.49. The van der Waals surface area contributed by atoms with Crippen LogP contribution in [0.1, 0.15) is 31.8 Å². The smallest absolute Gasteiger partial charge is 0.298 e. The van der Waals surface area contributed by atoms with Crippen LogP contribution in [-0.2, 0) is 4.79 Å². The van der Waals surface area contributed by atoms with Crippen molar-refractivity contribution in [3.8, 4) is 5.75 Å². The van der Waals surface area contributed by atoms with Crippen LogP contribution in [0.25, 0.3) is 0 Å². The van der Waals surface area contributed by atoms with Gasteiger partial charge in [-0.3, -0.25) is 24.5 Å². The number of anilines is 1. The molecule has 0 spiro atoms. The lowest BCUT2D eigenvalue weighted by atomic mass is 9.82. The molecule has 0 saturated heterocycles. The van der Waals surface area contributed by atoms with Crippen LogP contribution in [-0.4, -0.2) is 23.0 Å². The molecule has 0 fully saturated rings. The van der Waals surface area contributed by atoms with Crippen LogP contribution < -0.4 is 10.5 Å². The van der Waals surface area contributed by atoms with Gasteiger partial charge in [0.2, 0.25) is 5.78 Å². The number of ketones is 2. The van der Waals surface area contributed by atoms with Crippen LogP contribution in [0.15, 0.2) is 30.3 Å². The first-order valence-corrected chi connectivity index (χ1v) is 6.37. The Morgan fingerprint density at radius 3 is 2.17 bits per heavy atom. The number of nitrogens with two attached hydrogens (primary N) is 1. The minimum atomic E-state index is -0.824. The molecule has 0 bridgehead atoms. The normalized spacial score (nSPS) is 12.3. The Balaban J connectivity index is 2.41. The summed E-state index contributed by atoms with van der Waals surface area (Å²) in [5, 5.41) is 11.3. The second-order valence-corrected chi connectivity index (χ2v) is 4.73. The van der Waals surface area contributed by atoms with Crippen molar-refractivity contribution in [2.24, 2.45) is 0 Å². The Hall–Kier alpha value is -3.55. The Bertz CT molecular complexity index is 903. The van der Waals surface area contributed by atoms with E-state index in [1.54, 1.807) is 12.1 Å². The molecular weight excluding hydrogens is 304 g/mol. The van der Waals surface area contributed by atoms with Gasteiger partial charge < -0.3 is 10.5 Å². The SMILES string of the molecule is Nc1c(OC=O)cc([N+](=O)[O-])c2c1C(=O)c1ccccc1C2=O. The first-order valence-electron chi connectivity index (χ1n) is 6.37. The number of hydrogen-bond acceptors (Lipinski definition) is 7.